The van der Waals surface area contributed by atoms with Crippen molar-refractivity contribution in [2.75, 3.05) is 6.54 Å². The molecule has 1 N–H and O–H groups in total. The number of nitrogens with zero attached hydrogens (tertiary/aromatic N) is 1. The Balaban J connectivity index is 1.45. The Morgan fingerprint density at radius 3 is 2.33 bits per heavy atom. The highest BCUT2D eigenvalue weighted by Crippen LogP contribution is 2.25. The van der Waals surface area contributed by atoms with E-state index in [1.54, 1.807) is 6.07 Å². The van der Waals surface area contributed by atoms with E-state index in [2.05, 4.69) is 59.5 Å². The SMILES string of the molecule is Oc1ccc2c(c1)CCN(Cc1ccc(-c3ccccc3)cc1)C2. The predicted molar refractivity (Wildman–Crippen MR) is 97.8 cm³/mol. The van der Waals surface area contributed by atoms with Crippen LogP contribution in [0.5, 0.6) is 5.75 Å². The standard InChI is InChI=1S/C22H21NO/c24-22-11-10-21-16-23(13-12-20(21)14-22)15-17-6-8-19(9-7-17)18-4-2-1-3-5-18/h1-11,14,24H,12-13,15-16H2. The number of benzene rings is 3. The monoisotopic (exact) mass is 315 g/mol. The fourth-order valence-electron chi connectivity index (χ4n) is 3.42. The summed E-state index contributed by atoms with van der Waals surface area (Å²) in [6.07, 6.45) is 1.01. The maximum absolute atomic E-state index is 9.60. The molecule has 0 aromatic heterocycles. The Kier molecular flexibility index (Phi) is 4.06. The van der Waals surface area contributed by atoms with Crippen LogP contribution in [-0.2, 0) is 19.5 Å². The molecule has 0 saturated carbocycles. The van der Waals surface area contributed by atoms with Gasteiger partial charge >= 0.3 is 0 Å². The van der Waals surface area contributed by atoms with Crippen LogP contribution in [0.15, 0.2) is 72.8 Å². The van der Waals surface area contributed by atoms with Gasteiger partial charge in [0.05, 0.1) is 0 Å². The van der Waals surface area contributed by atoms with E-state index in [1.165, 1.54) is 27.8 Å². The van der Waals surface area contributed by atoms with Crippen LogP contribution in [0.1, 0.15) is 16.7 Å². The molecule has 2 nitrogen and oxygen atoms in total. The van der Waals surface area contributed by atoms with Gasteiger partial charge in [-0.3, -0.25) is 4.90 Å². The maximum Gasteiger partial charge on any atom is 0.115 e. The summed E-state index contributed by atoms with van der Waals surface area (Å²) in [7, 11) is 0. The predicted octanol–water partition coefficient (Wildman–Crippen LogP) is 4.62. The van der Waals surface area contributed by atoms with Gasteiger partial charge in [0.15, 0.2) is 0 Å². The number of hydrogen-bond donors (Lipinski definition) is 1. The molecule has 0 spiro atoms. The minimum Gasteiger partial charge on any atom is -0.508 e. The molecule has 3 aromatic rings. The van der Waals surface area contributed by atoms with Crippen LogP contribution in [0, 0.1) is 0 Å². The highest BCUT2D eigenvalue weighted by molar-refractivity contribution is 5.63. The van der Waals surface area contributed by atoms with Gasteiger partial charge in [0.1, 0.15) is 5.75 Å². The first-order chi connectivity index (χ1) is 11.8. The molecule has 3 aromatic carbocycles. The first-order valence-electron chi connectivity index (χ1n) is 8.45. The fraction of sp³-hybridized carbons (Fsp3) is 0.182. The van der Waals surface area contributed by atoms with Gasteiger partial charge in [0.25, 0.3) is 0 Å². The lowest BCUT2D eigenvalue weighted by Crippen LogP contribution is -2.29. The van der Waals surface area contributed by atoms with Crippen molar-refractivity contribution in [1.29, 1.82) is 0 Å². The lowest BCUT2D eigenvalue weighted by atomic mass is 9.98. The molecule has 0 radical (unpaired) electrons. The lowest BCUT2D eigenvalue weighted by Gasteiger charge is -2.28. The molecule has 0 bridgehead atoms. The Bertz CT molecular complexity index is 824. The molecule has 1 aliphatic rings. The summed E-state index contributed by atoms with van der Waals surface area (Å²) in [4.78, 5) is 2.47. The second kappa shape index (κ2) is 6.50. The van der Waals surface area contributed by atoms with E-state index in [4.69, 9.17) is 0 Å². The summed E-state index contributed by atoms with van der Waals surface area (Å²) >= 11 is 0. The number of phenols is 1. The van der Waals surface area contributed by atoms with Crippen LogP contribution in [-0.4, -0.2) is 16.6 Å². The molecule has 0 unspecified atom stereocenters. The van der Waals surface area contributed by atoms with Crippen molar-refractivity contribution in [3.63, 3.8) is 0 Å². The molecule has 1 aliphatic heterocycles. The molecule has 120 valence electrons. The van der Waals surface area contributed by atoms with Crippen molar-refractivity contribution in [2.24, 2.45) is 0 Å². The lowest BCUT2D eigenvalue weighted by molar-refractivity contribution is 0.245. The van der Waals surface area contributed by atoms with Crippen molar-refractivity contribution >= 4 is 0 Å². The molecule has 24 heavy (non-hydrogen) atoms. The third-order valence-corrected chi connectivity index (χ3v) is 4.75. The first kappa shape index (κ1) is 15.0. The summed E-state index contributed by atoms with van der Waals surface area (Å²) < 4.78 is 0. The van der Waals surface area contributed by atoms with Crippen molar-refractivity contribution in [1.82, 2.24) is 4.90 Å². The molecule has 2 heteroatoms. The minimum atomic E-state index is 0.374. The van der Waals surface area contributed by atoms with Crippen LogP contribution in [0.25, 0.3) is 11.1 Å². The second-order valence-corrected chi connectivity index (χ2v) is 6.48. The van der Waals surface area contributed by atoms with E-state index in [9.17, 15) is 5.11 Å². The fourth-order valence-corrected chi connectivity index (χ4v) is 3.42. The van der Waals surface area contributed by atoms with E-state index in [-0.39, 0.29) is 0 Å². The zero-order chi connectivity index (χ0) is 16.4. The molecular weight excluding hydrogens is 294 g/mol. The molecule has 0 atom stereocenters. The quantitative estimate of drug-likeness (QED) is 0.762. The Labute approximate surface area is 143 Å². The highest BCUT2D eigenvalue weighted by atomic mass is 16.3. The first-order valence-corrected chi connectivity index (χ1v) is 8.45. The Morgan fingerprint density at radius 1 is 0.792 bits per heavy atom. The topological polar surface area (TPSA) is 23.5 Å². The normalized spacial score (nSPS) is 14.3. The van der Waals surface area contributed by atoms with Crippen LogP contribution < -0.4 is 0 Å². The van der Waals surface area contributed by atoms with E-state index >= 15 is 0 Å². The van der Waals surface area contributed by atoms with Gasteiger partial charge < -0.3 is 5.11 Å². The third-order valence-electron chi connectivity index (χ3n) is 4.75. The van der Waals surface area contributed by atoms with E-state index in [0.29, 0.717) is 5.75 Å². The van der Waals surface area contributed by atoms with E-state index in [1.807, 2.05) is 12.1 Å². The Hall–Kier alpha value is -2.58. The molecule has 0 aliphatic carbocycles. The molecule has 0 amide bonds. The average Bonchev–Trinajstić information content (AvgIpc) is 2.63. The number of hydrogen-bond acceptors (Lipinski definition) is 2. The summed E-state index contributed by atoms with van der Waals surface area (Å²) in [6.45, 7) is 2.96. The smallest absolute Gasteiger partial charge is 0.115 e. The Morgan fingerprint density at radius 2 is 1.54 bits per heavy atom. The maximum atomic E-state index is 9.60. The molecule has 0 fully saturated rings. The van der Waals surface area contributed by atoms with Crippen molar-refractivity contribution in [3.05, 3.63) is 89.5 Å². The number of aromatic hydroxyl groups is 1. The van der Waals surface area contributed by atoms with Crippen molar-refractivity contribution < 1.29 is 5.11 Å². The van der Waals surface area contributed by atoms with Crippen molar-refractivity contribution in [3.8, 4) is 16.9 Å². The molecular formula is C22H21NO. The van der Waals surface area contributed by atoms with Gasteiger partial charge in [0.2, 0.25) is 0 Å². The number of rotatable bonds is 3. The zero-order valence-electron chi connectivity index (χ0n) is 13.7. The van der Waals surface area contributed by atoms with Crippen LogP contribution in [0.2, 0.25) is 0 Å². The summed E-state index contributed by atoms with van der Waals surface area (Å²) in [5.74, 6) is 0.374. The molecule has 0 saturated heterocycles. The summed E-state index contributed by atoms with van der Waals surface area (Å²) in [5, 5.41) is 9.60. The number of phenolic OH excluding ortho intramolecular Hbond substituents is 1. The zero-order valence-corrected chi connectivity index (χ0v) is 13.7. The molecule has 1 heterocycles. The van der Waals surface area contributed by atoms with Gasteiger partial charge in [0, 0.05) is 19.6 Å². The molecule has 4 rings (SSSR count). The van der Waals surface area contributed by atoms with Crippen LogP contribution in [0.4, 0.5) is 0 Å². The van der Waals surface area contributed by atoms with Crippen LogP contribution in [0.3, 0.4) is 0 Å². The highest BCUT2D eigenvalue weighted by Gasteiger charge is 2.16. The van der Waals surface area contributed by atoms with Crippen molar-refractivity contribution in [2.45, 2.75) is 19.5 Å². The summed E-state index contributed by atoms with van der Waals surface area (Å²) in [6, 6.07) is 25.1. The number of fused-ring (bicyclic) bond motifs is 1. The third kappa shape index (κ3) is 3.19. The van der Waals surface area contributed by atoms with Gasteiger partial charge in [-0.15, -0.1) is 0 Å². The largest absolute Gasteiger partial charge is 0.508 e. The average molecular weight is 315 g/mol. The minimum absolute atomic E-state index is 0.374. The van der Waals surface area contributed by atoms with E-state index < -0.39 is 0 Å². The van der Waals surface area contributed by atoms with Gasteiger partial charge in [-0.25, -0.2) is 0 Å². The second-order valence-electron chi connectivity index (χ2n) is 6.48. The van der Waals surface area contributed by atoms with E-state index in [0.717, 1.165) is 26.1 Å². The summed E-state index contributed by atoms with van der Waals surface area (Å²) in [5.41, 5.74) is 6.48. The van der Waals surface area contributed by atoms with Gasteiger partial charge in [-0.1, -0.05) is 60.7 Å². The van der Waals surface area contributed by atoms with Gasteiger partial charge in [-0.05, 0) is 46.4 Å². The van der Waals surface area contributed by atoms with Gasteiger partial charge in [-0.2, -0.15) is 0 Å². The van der Waals surface area contributed by atoms with Crippen LogP contribution >= 0.6 is 0 Å².